The second-order valence-corrected chi connectivity index (χ2v) is 12.7. The van der Waals surface area contributed by atoms with Crippen molar-refractivity contribution < 1.29 is 19.1 Å². The van der Waals surface area contributed by atoms with E-state index in [2.05, 4.69) is 10.3 Å². The number of aromatic amines is 1. The van der Waals surface area contributed by atoms with Crippen LogP contribution in [-0.4, -0.2) is 40.6 Å². The molecule has 3 amide bonds. The standard InChI is InChI=1S/C32H34N4O4S/c1-19(2)32(30(33)39,21-14-16-22(40-5)17-15-21)36-25-12-8-9-13-26(25)41-31(3,4)27(29(36)38)35-28(37)24-18-20-10-6-7-11-23(20)34-24/h6-19,27,34H,1-5H3,(H2,33,39)(H,35,37). The first-order chi connectivity index (χ1) is 19.5. The van der Waals surface area contributed by atoms with Gasteiger partial charge in [-0.1, -0.05) is 56.3 Å². The van der Waals surface area contributed by atoms with E-state index in [9.17, 15) is 14.4 Å². The minimum Gasteiger partial charge on any atom is -0.497 e. The fourth-order valence-corrected chi connectivity index (χ4v) is 6.98. The molecule has 8 nitrogen and oxygen atoms in total. The Morgan fingerprint density at radius 2 is 1.71 bits per heavy atom. The highest BCUT2D eigenvalue weighted by Crippen LogP contribution is 2.50. The second kappa shape index (κ2) is 10.6. The number of carbonyl (C=O) groups excluding carboxylic acids is 3. The Morgan fingerprint density at radius 3 is 2.34 bits per heavy atom. The number of carbonyl (C=O) groups is 3. The molecule has 2 heterocycles. The third-order valence-electron chi connectivity index (χ3n) is 7.79. The number of nitrogens with two attached hydrogens (primary N) is 1. The van der Waals surface area contributed by atoms with Crippen LogP contribution in [0.5, 0.6) is 5.75 Å². The van der Waals surface area contributed by atoms with Crippen molar-refractivity contribution in [3.8, 4) is 5.75 Å². The molecule has 4 N–H and O–H groups in total. The normalized spacial score (nSPS) is 18.0. The highest BCUT2D eigenvalue weighted by Gasteiger charge is 2.55. The van der Waals surface area contributed by atoms with Crippen molar-refractivity contribution in [3.63, 3.8) is 0 Å². The second-order valence-electron chi connectivity index (χ2n) is 11.0. The molecule has 0 saturated heterocycles. The summed E-state index contributed by atoms with van der Waals surface area (Å²) in [5, 5.41) is 3.89. The van der Waals surface area contributed by atoms with Gasteiger partial charge in [0.25, 0.3) is 11.8 Å². The van der Waals surface area contributed by atoms with E-state index in [1.807, 2.05) is 76.2 Å². The Morgan fingerprint density at radius 1 is 1.05 bits per heavy atom. The quantitative estimate of drug-likeness (QED) is 0.281. The smallest absolute Gasteiger partial charge is 0.268 e. The maximum absolute atomic E-state index is 14.9. The summed E-state index contributed by atoms with van der Waals surface area (Å²) in [5.41, 5.74) is 6.96. The molecule has 0 aliphatic carbocycles. The van der Waals surface area contributed by atoms with Crippen LogP contribution in [0.2, 0.25) is 0 Å². The zero-order valence-corrected chi connectivity index (χ0v) is 24.5. The van der Waals surface area contributed by atoms with Crippen LogP contribution in [0, 0.1) is 5.92 Å². The number of fused-ring (bicyclic) bond motifs is 2. The lowest BCUT2D eigenvalue weighted by Crippen LogP contribution is -2.66. The third kappa shape index (κ3) is 4.74. The van der Waals surface area contributed by atoms with Crippen molar-refractivity contribution in [1.82, 2.24) is 10.3 Å². The molecule has 2 unspecified atom stereocenters. The summed E-state index contributed by atoms with van der Waals surface area (Å²) in [6.45, 7) is 7.57. The van der Waals surface area contributed by atoms with Crippen LogP contribution < -0.4 is 20.7 Å². The van der Waals surface area contributed by atoms with Gasteiger partial charge in [0.05, 0.1) is 12.8 Å². The van der Waals surface area contributed by atoms with Gasteiger partial charge in [-0.05, 0) is 61.7 Å². The molecule has 5 rings (SSSR count). The highest BCUT2D eigenvalue weighted by molar-refractivity contribution is 8.01. The lowest BCUT2D eigenvalue weighted by Gasteiger charge is -2.46. The van der Waals surface area contributed by atoms with E-state index >= 15 is 0 Å². The van der Waals surface area contributed by atoms with Gasteiger partial charge in [0.15, 0.2) is 5.54 Å². The fraction of sp³-hybridized carbons (Fsp3) is 0.281. The molecule has 1 aromatic heterocycles. The van der Waals surface area contributed by atoms with Gasteiger partial charge < -0.3 is 20.8 Å². The molecule has 3 aromatic carbocycles. The summed E-state index contributed by atoms with van der Waals surface area (Å²) in [5.74, 6) is -1.34. The van der Waals surface area contributed by atoms with Crippen LogP contribution in [0.1, 0.15) is 43.7 Å². The number of anilines is 1. The Balaban J connectivity index is 1.68. The molecule has 0 radical (unpaired) electrons. The van der Waals surface area contributed by atoms with Gasteiger partial charge in [0, 0.05) is 20.5 Å². The predicted octanol–water partition coefficient (Wildman–Crippen LogP) is 5.23. The Hall–Kier alpha value is -4.24. The van der Waals surface area contributed by atoms with E-state index in [-0.39, 0.29) is 0 Å². The average Bonchev–Trinajstić information content (AvgIpc) is 3.36. The number of nitrogens with zero attached hydrogens (tertiary/aromatic N) is 1. The summed E-state index contributed by atoms with van der Waals surface area (Å²) < 4.78 is 4.56. The number of para-hydroxylation sites is 2. The van der Waals surface area contributed by atoms with Crippen molar-refractivity contribution in [3.05, 3.63) is 90.1 Å². The largest absolute Gasteiger partial charge is 0.497 e. The molecule has 1 aliphatic rings. The van der Waals surface area contributed by atoms with Gasteiger partial charge in [-0.25, -0.2) is 0 Å². The Labute approximate surface area is 243 Å². The molecule has 1 aliphatic heterocycles. The van der Waals surface area contributed by atoms with Crippen molar-refractivity contribution in [1.29, 1.82) is 0 Å². The van der Waals surface area contributed by atoms with E-state index in [4.69, 9.17) is 10.5 Å². The minimum absolute atomic E-state index is 0.341. The van der Waals surface area contributed by atoms with Crippen LogP contribution in [0.25, 0.3) is 10.9 Å². The predicted molar refractivity (Wildman–Crippen MR) is 162 cm³/mol. The molecule has 2 atom stereocenters. The molecule has 4 aromatic rings. The zero-order chi connectivity index (χ0) is 29.5. The van der Waals surface area contributed by atoms with Crippen molar-refractivity contribution >= 4 is 46.1 Å². The number of primary amides is 1. The van der Waals surface area contributed by atoms with Crippen molar-refractivity contribution in [2.75, 3.05) is 12.0 Å². The van der Waals surface area contributed by atoms with Crippen LogP contribution in [0.15, 0.2) is 83.8 Å². The monoisotopic (exact) mass is 570 g/mol. The molecular weight excluding hydrogens is 536 g/mol. The fourth-order valence-electron chi connectivity index (χ4n) is 5.72. The summed E-state index contributed by atoms with van der Waals surface area (Å²) >= 11 is 1.47. The van der Waals surface area contributed by atoms with E-state index in [1.165, 1.54) is 16.7 Å². The molecule has 212 valence electrons. The summed E-state index contributed by atoms with van der Waals surface area (Å²) in [6.07, 6.45) is 0. The first-order valence-electron chi connectivity index (χ1n) is 13.5. The number of rotatable bonds is 7. The first-order valence-corrected chi connectivity index (χ1v) is 14.3. The number of nitrogens with one attached hydrogen (secondary N) is 2. The summed E-state index contributed by atoms with van der Waals surface area (Å²) in [4.78, 5) is 47.7. The Bertz CT molecular complexity index is 1600. The zero-order valence-electron chi connectivity index (χ0n) is 23.7. The van der Waals surface area contributed by atoms with Crippen LogP contribution in [0.3, 0.4) is 0 Å². The lowest BCUT2D eigenvalue weighted by molar-refractivity contribution is -0.131. The van der Waals surface area contributed by atoms with E-state index < -0.39 is 40.0 Å². The van der Waals surface area contributed by atoms with Crippen LogP contribution in [-0.2, 0) is 15.1 Å². The summed E-state index contributed by atoms with van der Waals surface area (Å²) in [6, 6.07) is 22.8. The number of H-pyrrole nitrogens is 1. The van der Waals surface area contributed by atoms with E-state index in [0.717, 1.165) is 15.8 Å². The summed E-state index contributed by atoms with van der Waals surface area (Å²) in [7, 11) is 1.56. The molecule has 0 spiro atoms. The number of thioether (sulfide) groups is 1. The number of hydrogen-bond acceptors (Lipinski definition) is 5. The molecule has 0 fully saturated rings. The Kier molecular flexibility index (Phi) is 7.33. The average molecular weight is 571 g/mol. The molecule has 9 heteroatoms. The van der Waals surface area contributed by atoms with Gasteiger partial charge in [0.1, 0.15) is 17.5 Å². The van der Waals surface area contributed by atoms with Gasteiger partial charge in [0.2, 0.25) is 5.91 Å². The van der Waals surface area contributed by atoms with Crippen LogP contribution >= 0.6 is 11.8 Å². The molecule has 0 saturated carbocycles. The third-order valence-corrected chi connectivity index (χ3v) is 9.11. The number of hydrogen-bond donors (Lipinski definition) is 3. The van der Waals surface area contributed by atoms with Gasteiger partial charge >= 0.3 is 0 Å². The van der Waals surface area contributed by atoms with Crippen molar-refractivity contribution in [2.45, 2.75) is 48.9 Å². The SMILES string of the molecule is COc1ccc(C(C(N)=O)(C(C)C)N2C(=O)C(NC(=O)c3cc4ccccc4[nH]3)C(C)(C)Sc3ccccc32)cc1. The van der Waals surface area contributed by atoms with E-state index in [1.54, 1.807) is 37.4 Å². The number of methoxy groups -OCH3 is 1. The minimum atomic E-state index is -1.56. The van der Waals surface area contributed by atoms with Gasteiger partial charge in [-0.3, -0.25) is 19.3 Å². The van der Waals surface area contributed by atoms with Crippen molar-refractivity contribution in [2.24, 2.45) is 11.7 Å². The molecule has 41 heavy (non-hydrogen) atoms. The molecular formula is C32H34N4O4S. The molecule has 0 bridgehead atoms. The van der Waals surface area contributed by atoms with Gasteiger partial charge in [-0.2, -0.15) is 0 Å². The maximum Gasteiger partial charge on any atom is 0.268 e. The van der Waals surface area contributed by atoms with Gasteiger partial charge in [-0.15, -0.1) is 11.8 Å². The van der Waals surface area contributed by atoms with Crippen LogP contribution in [0.4, 0.5) is 5.69 Å². The maximum atomic E-state index is 14.9. The first kappa shape index (κ1) is 28.3. The lowest BCUT2D eigenvalue weighted by atomic mass is 9.76. The van der Waals surface area contributed by atoms with E-state index in [0.29, 0.717) is 22.7 Å². The number of benzene rings is 3. The topological polar surface area (TPSA) is 118 Å². The highest BCUT2D eigenvalue weighted by atomic mass is 32.2. The number of ether oxygens (including phenoxy) is 1. The number of aromatic nitrogens is 1. The number of amides is 3.